The second-order valence-corrected chi connectivity index (χ2v) is 5.14. The summed E-state index contributed by atoms with van der Waals surface area (Å²) in [5, 5.41) is 2.89. The third-order valence-corrected chi connectivity index (χ3v) is 3.68. The van der Waals surface area contributed by atoms with Crippen molar-refractivity contribution in [3.8, 4) is 0 Å². The number of urea groups is 1. The number of carbonyl (C=O) groups is 1. The van der Waals surface area contributed by atoms with Crippen LogP contribution in [0.15, 0.2) is 54.6 Å². The zero-order chi connectivity index (χ0) is 16.2. The highest BCUT2D eigenvalue weighted by Crippen LogP contribution is 2.24. The van der Waals surface area contributed by atoms with Gasteiger partial charge in [0.1, 0.15) is 11.9 Å². The molecule has 1 atom stereocenters. The van der Waals surface area contributed by atoms with Crippen LogP contribution < -0.4 is 10.8 Å². The molecule has 2 aromatic carbocycles. The number of aromatic nitrogens is 2. The van der Waals surface area contributed by atoms with E-state index in [0.717, 1.165) is 22.4 Å². The van der Waals surface area contributed by atoms with E-state index in [4.69, 9.17) is 0 Å². The van der Waals surface area contributed by atoms with Gasteiger partial charge in [-0.15, -0.1) is 0 Å². The number of para-hydroxylation sites is 2. The molecule has 6 heteroatoms. The Labute approximate surface area is 134 Å². The van der Waals surface area contributed by atoms with E-state index in [1.807, 2.05) is 66.2 Å². The Morgan fingerprint density at radius 3 is 2.52 bits per heavy atom. The predicted molar refractivity (Wildman–Crippen MR) is 87.7 cm³/mol. The number of fused-ring (bicyclic) bond motifs is 1. The Bertz CT molecular complexity index is 814. The number of nitrogens with zero attached hydrogens (tertiary/aromatic N) is 2. The zero-order valence-corrected chi connectivity index (χ0v) is 13.0. The molecule has 1 unspecified atom stereocenters. The number of amides is 2. The summed E-state index contributed by atoms with van der Waals surface area (Å²) >= 11 is 0. The standard InChI is InChI=1S/C17H18N4O2/c1-21-14-11-7-6-10-13(14)18-16(21)15(19-17(22)20-23-2)12-8-4-3-5-9-12/h3-11,15H,1-2H3,(H2,19,20,22). The van der Waals surface area contributed by atoms with Crippen molar-refractivity contribution < 1.29 is 9.63 Å². The maximum Gasteiger partial charge on any atom is 0.339 e. The molecule has 1 heterocycles. The van der Waals surface area contributed by atoms with Gasteiger partial charge in [0, 0.05) is 7.05 Å². The van der Waals surface area contributed by atoms with Crippen molar-refractivity contribution in [1.82, 2.24) is 20.3 Å². The van der Waals surface area contributed by atoms with Crippen molar-refractivity contribution in [3.05, 3.63) is 66.0 Å². The fourth-order valence-electron chi connectivity index (χ4n) is 2.62. The molecule has 0 bridgehead atoms. The van der Waals surface area contributed by atoms with E-state index in [0.29, 0.717) is 0 Å². The molecule has 118 valence electrons. The van der Waals surface area contributed by atoms with E-state index in [-0.39, 0.29) is 6.04 Å². The molecule has 0 saturated heterocycles. The maximum atomic E-state index is 11.9. The summed E-state index contributed by atoms with van der Waals surface area (Å²) in [6.45, 7) is 0. The van der Waals surface area contributed by atoms with Crippen LogP contribution in [-0.4, -0.2) is 22.7 Å². The lowest BCUT2D eigenvalue weighted by Gasteiger charge is -2.19. The molecule has 0 saturated carbocycles. The highest BCUT2D eigenvalue weighted by atomic mass is 16.6. The number of hydrogen-bond donors (Lipinski definition) is 2. The molecule has 2 N–H and O–H groups in total. The van der Waals surface area contributed by atoms with E-state index in [1.165, 1.54) is 7.11 Å². The highest BCUT2D eigenvalue weighted by Gasteiger charge is 2.22. The minimum absolute atomic E-state index is 0.385. The van der Waals surface area contributed by atoms with Crippen molar-refractivity contribution in [2.75, 3.05) is 7.11 Å². The van der Waals surface area contributed by atoms with Crippen LogP contribution in [0, 0.1) is 0 Å². The van der Waals surface area contributed by atoms with Crippen molar-refractivity contribution in [2.24, 2.45) is 7.05 Å². The summed E-state index contributed by atoms with van der Waals surface area (Å²) < 4.78 is 1.99. The smallest absolute Gasteiger partial charge is 0.329 e. The van der Waals surface area contributed by atoms with Gasteiger partial charge in [0.05, 0.1) is 18.1 Å². The molecular formula is C17H18N4O2. The van der Waals surface area contributed by atoms with E-state index >= 15 is 0 Å². The third kappa shape index (κ3) is 3.02. The van der Waals surface area contributed by atoms with Crippen molar-refractivity contribution in [2.45, 2.75) is 6.04 Å². The summed E-state index contributed by atoms with van der Waals surface area (Å²) in [4.78, 5) is 21.3. The first-order chi connectivity index (χ1) is 11.2. The lowest BCUT2D eigenvalue weighted by molar-refractivity contribution is 0.106. The van der Waals surface area contributed by atoms with Crippen molar-refractivity contribution in [1.29, 1.82) is 0 Å². The molecule has 0 fully saturated rings. The number of nitrogens with one attached hydrogen (secondary N) is 2. The fourth-order valence-corrected chi connectivity index (χ4v) is 2.62. The third-order valence-electron chi connectivity index (χ3n) is 3.68. The molecule has 3 rings (SSSR count). The minimum atomic E-state index is -0.423. The van der Waals surface area contributed by atoms with Crippen LogP contribution in [0.25, 0.3) is 11.0 Å². The van der Waals surface area contributed by atoms with Crippen LogP contribution in [0.3, 0.4) is 0 Å². The van der Waals surface area contributed by atoms with Crippen molar-refractivity contribution in [3.63, 3.8) is 0 Å². The molecule has 23 heavy (non-hydrogen) atoms. The van der Waals surface area contributed by atoms with Gasteiger partial charge in [0.15, 0.2) is 0 Å². The number of imidazole rings is 1. The first-order valence-corrected chi connectivity index (χ1v) is 7.26. The van der Waals surface area contributed by atoms with Crippen LogP contribution in [0.2, 0.25) is 0 Å². The zero-order valence-electron chi connectivity index (χ0n) is 13.0. The normalized spacial score (nSPS) is 12.1. The molecule has 0 aliphatic heterocycles. The van der Waals surface area contributed by atoms with Gasteiger partial charge in [-0.3, -0.25) is 4.84 Å². The Balaban J connectivity index is 2.06. The molecule has 2 amide bonds. The summed E-state index contributed by atoms with van der Waals surface area (Å²) in [7, 11) is 3.34. The number of hydroxylamine groups is 1. The molecular weight excluding hydrogens is 292 g/mol. The van der Waals surface area contributed by atoms with Gasteiger partial charge in [-0.1, -0.05) is 42.5 Å². The number of benzene rings is 2. The Morgan fingerprint density at radius 2 is 1.83 bits per heavy atom. The van der Waals surface area contributed by atoms with Crippen LogP contribution in [-0.2, 0) is 11.9 Å². The van der Waals surface area contributed by atoms with Crippen molar-refractivity contribution >= 4 is 17.1 Å². The summed E-state index contributed by atoms with van der Waals surface area (Å²) in [5.74, 6) is 0.753. The Morgan fingerprint density at radius 1 is 1.13 bits per heavy atom. The van der Waals surface area contributed by atoms with E-state index < -0.39 is 6.03 Å². The molecule has 0 radical (unpaired) electrons. The predicted octanol–water partition coefficient (Wildman–Crippen LogP) is 2.52. The summed E-state index contributed by atoms with van der Waals surface area (Å²) in [6, 6.07) is 16.8. The number of hydrogen-bond acceptors (Lipinski definition) is 3. The molecule has 3 aromatic rings. The lowest BCUT2D eigenvalue weighted by atomic mass is 10.1. The van der Waals surface area contributed by atoms with Gasteiger partial charge < -0.3 is 9.88 Å². The van der Waals surface area contributed by atoms with Crippen LogP contribution in [0.4, 0.5) is 4.79 Å². The van der Waals surface area contributed by atoms with Gasteiger partial charge in [-0.2, -0.15) is 0 Å². The molecule has 0 aliphatic rings. The topological polar surface area (TPSA) is 68.2 Å². The molecule has 0 aliphatic carbocycles. The Hall–Kier alpha value is -2.86. The minimum Gasteiger partial charge on any atom is -0.329 e. The van der Waals surface area contributed by atoms with Gasteiger partial charge >= 0.3 is 6.03 Å². The largest absolute Gasteiger partial charge is 0.339 e. The van der Waals surface area contributed by atoms with Crippen LogP contribution in [0.1, 0.15) is 17.4 Å². The molecule has 1 aromatic heterocycles. The number of rotatable bonds is 4. The highest BCUT2D eigenvalue weighted by molar-refractivity contribution is 5.77. The molecule has 0 spiro atoms. The van der Waals surface area contributed by atoms with Gasteiger partial charge in [-0.25, -0.2) is 15.3 Å². The first-order valence-electron chi connectivity index (χ1n) is 7.26. The quantitative estimate of drug-likeness (QED) is 0.728. The number of aryl methyl sites for hydroxylation is 1. The van der Waals surface area contributed by atoms with Gasteiger partial charge in [-0.05, 0) is 17.7 Å². The monoisotopic (exact) mass is 310 g/mol. The maximum absolute atomic E-state index is 11.9. The van der Waals surface area contributed by atoms with E-state index in [9.17, 15) is 4.79 Å². The molecule has 6 nitrogen and oxygen atoms in total. The summed E-state index contributed by atoms with van der Waals surface area (Å²) in [5.41, 5.74) is 5.12. The van der Waals surface area contributed by atoms with Crippen LogP contribution >= 0.6 is 0 Å². The van der Waals surface area contributed by atoms with E-state index in [1.54, 1.807) is 0 Å². The fraction of sp³-hybridized carbons (Fsp3) is 0.176. The summed E-state index contributed by atoms with van der Waals surface area (Å²) in [6.07, 6.45) is 0. The van der Waals surface area contributed by atoms with E-state index in [2.05, 4.69) is 20.6 Å². The number of carbonyl (C=O) groups excluding carboxylic acids is 1. The SMILES string of the molecule is CONC(=O)NC(c1ccccc1)c1nc2ccccc2n1C. The first kappa shape index (κ1) is 15.1. The average Bonchev–Trinajstić information content (AvgIpc) is 2.91. The van der Waals surface area contributed by atoms with Gasteiger partial charge in [0.25, 0.3) is 0 Å². The lowest BCUT2D eigenvalue weighted by Crippen LogP contribution is -2.38. The average molecular weight is 310 g/mol. The van der Waals surface area contributed by atoms with Gasteiger partial charge in [0.2, 0.25) is 0 Å². The van der Waals surface area contributed by atoms with Crippen LogP contribution in [0.5, 0.6) is 0 Å². The Kier molecular flexibility index (Phi) is 4.25. The second kappa shape index (κ2) is 6.50. The second-order valence-electron chi connectivity index (χ2n) is 5.14.